The van der Waals surface area contributed by atoms with Crippen molar-refractivity contribution in [1.29, 1.82) is 0 Å². The Hall–Kier alpha value is -0.740. The molecule has 3 rings (SSSR count). The summed E-state index contributed by atoms with van der Waals surface area (Å²) in [5, 5.41) is 9.77. The van der Waals surface area contributed by atoms with E-state index in [2.05, 4.69) is 0 Å². The second kappa shape index (κ2) is 4.50. The zero-order valence-electron chi connectivity index (χ0n) is 9.43. The van der Waals surface area contributed by atoms with Gasteiger partial charge in [-0.25, -0.2) is 4.39 Å². The third kappa shape index (κ3) is 2.29. The molecule has 17 heavy (non-hydrogen) atoms. The van der Waals surface area contributed by atoms with E-state index in [0.717, 1.165) is 35.7 Å². The van der Waals surface area contributed by atoms with Crippen molar-refractivity contribution >= 4 is 11.8 Å². The maximum Gasteiger partial charge on any atom is 0.123 e. The molecule has 2 aliphatic rings. The molecule has 2 aliphatic heterocycles. The van der Waals surface area contributed by atoms with Crippen LogP contribution in [-0.2, 0) is 6.42 Å². The van der Waals surface area contributed by atoms with Crippen LogP contribution in [0, 0.1) is 11.7 Å². The molecule has 0 amide bonds. The molecular formula is C13H15FO2S. The minimum absolute atomic E-state index is 0.102. The summed E-state index contributed by atoms with van der Waals surface area (Å²) in [7, 11) is 0. The molecule has 2 nitrogen and oxygen atoms in total. The number of thioether (sulfide) groups is 1. The van der Waals surface area contributed by atoms with Gasteiger partial charge in [-0.3, -0.25) is 0 Å². The van der Waals surface area contributed by atoms with E-state index in [1.807, 2.05) is 0 Å². The van der Waals surface area contributed by atoms with Gasteiger partial charge in [-0.15, -0.1) is 0 Å². The lowest BCUT2D eigenvalue weighted by atomic mass is 9.96. The maximum atomic E-state index is 13.1. The van der Waals surface area contributed by atoms with E-state index < -0.39 is 0 Å². The highest BCUT2D eigenvalue weighted by molar-refractivity contribution is 7.99. The molecule has 0 radical (unpaired) electrons. The number of aliphatic hydroxyl groups excluding tert-OH is 1. The molecule has 1 saturated heterocycles. The van der Waals surface area contributed by atoms with Crippen molar-refractivity contribution in [3.63, 3.8) is 0 Å². The number of benzene rings is 1. The Morgan fingerprint density at radius 3 is 3.06 bits per heavy atom. The number of rotatable bonds is 2. The predicted molar refractivity (Wildman–Crippen MR) is 66.0 cm³/mol. The summed E-state index contributed by atoms with van der Waals surface area (Å²) in [5.74, 6) is 2.76. The van der Waals surface area contributed by atoms with Crippen LogP contribution in [0.5, 0.6) is 5.75 Å². The van der Waals surface area contributed by atoms with Crippen LogP contribution in [0.3, 0.4) is 0 Å². The standard InChI is InChI=1S/C13H15FO2S/c14-10-1-2-13-8(3-10)4-11(16-13)5-9-6-17-7-12(9)15/h1-3,9,11-12,15H,4-7H2. The molecule has 1 aromatic carbocycles. The van der Waals surface area contributed by atoms with Gasteiger partial charge < -0.3 is 9.84 Å². The summed E-state index contributed by atoms with van der Waals surface area (Å²) >= 11 is 1.79. The van der Waals surface area contributed by atoms with Crippen molar-refractivity contribution in [1.82, 2.24) is 0 Å². The van der Waals surface area contributed by atoms with E-state index in [-0.39, 0.29) is 18.0 Å². The summed E-state index contributed by atoms with van der Waals surface area (Å²) < 4.78 is 18.8. The average molecular weight is 254 g/mol. The highest BCUT2D eigenvalue weighted by Gasteiger charge is 2.32. The first-order valence-electron chi connectivity index (χ1n) is 5.93. The zero-order chi connectivity index (χ0) is 11.8. The van der Waals surface area contributed by atoms with Crippen molar-refractivity contribution < 1.29 is 14.2 Å². The molecule has 0 saturated carbocycles. The van der Waals surface area contributed by atoms with E-state index in [1.54, 1.807) is 23.9 Å². The van der Waals surface area contributed by atoms with Gasteiger partial charge in [0.05, 0.1) is 6.10 Å². The molecule has 3 unspecified atom stereocenters. The van der Waals surface area contributed by atoms with Gasteiger partial charge in [-0.05, 0) is 36.3 Å². The summed E-state index contributed by atoms with van der Waals surface area (Å²) in [4.78, 5) is 0. The topological polar surface area (TPSA) is 29.5 Å². The van der Waals surface area contributed by atoms with Crippen LogP contribution in [0.4, 0.5) is 4.39 Å². The lowest BCUT2D eigenvalue weighted by molar-refractivity contribution is 0.110. The molecule has 92 valence electrons. The molecule has 0 aromatic heterocycles. The molecule has 1 aromatic rings. The van der Waals surface area contributed by atoms with Crippen LogP contribution >= 0.6 is 11.8 Å². The Morgan fingerprint density at radius 2 is 2.29 bits per heavy atom. The van der Waals surface area contributed by atoms with Crippen LogP contribution in [0.15, 0.2) is 18.2 Å². The van der Waals surface area contributed by atoms with Crippen molar-refractivity contribution in [3.05, 3.63) is 29.6 Å². The Kier molecular flexibility index (Phi) is 3.01. The minimum atomic E-state index is -0.205. The van der Waals surface area contributed by atoms with Crippen LogP contribution in [0.25, 0.3) is 0 Å². The monoisotopic (exact) mass is 254 g/mol. The summed E-state index contributed by atoms with van der Waals surface area (Å²) in [5.41, 5.74) is 0.954. The second-order valence-electron chi connectivity index (χ2n) is 4.80. The molecular weight excluding hydrogens is 239 g/mol. The predicted octanol–water partition coefficient (Wildman–Crippen LogP) is 2.24. The number of aliphatic hydroxyl groups is 1. The van der Waals surface area contributed by atoms with E-state index in [4.69, 9.17) is 4.74 Å². The first-order chi connectivity index (χ1) is 8.22. The maximum absolute atomic E-state index is 13.1. The van der Waals surface area contributed by atoms with E-state index in [0.29, 0.717) is 5.92 Å². The molecule has 3 atom stereocenters. The number of halogens is 1. The SMILES string of the molecule is OC1CSCC1CC1Cc2cc(F)ccc2O1. The first kappa shape index (κ1) is 11.4. The zero-order valence-corrected chi connectivity index (χ0v) is 10.3. The van der Waals surface area contributed by atoms with Crippen molar-refractivity contribution in [2.45, 2.75) is 25.0 Å². The minimum Gasteiger partial charge on any atom is -0.490 e. The Morgan fingerprint density at radius 1 is 1.41 bits per heavy atom. The van der Waals surface area contributed by atoms with Crippen molar-refractivity contribution in [2.24, 2.45) is 5.92 Å². The number of hydrogen-bond acceptors (Lipinski definition) is 3. The number of hydrogen-bond donors (Lipinski definition) is 1. The van der Waals surface area contributed by atoms with Crippen LogP contribution in [0.1, 0.15) is 12.0 Å². The van der Waals surface area contributed by atoms with Crippen LogP contribution in [-0.4, -0.2) is 28.8 Å². The molecule has 1 N–H and O–H groups in total. The van der Waals surface area contributed by atoms with Gasteiger partial charge in [0.1, 0.15) is 17.7 Å². The van der Waals surface area contributed by atoms with Gasteiger partial charge in [-0.1, -0.05) is 0 Å². The number of fused-ring (bicyclic) bond motifs is 1. The highest BCUT2D eigenvalue weighted by atomic mass is 32.2. The fraction of sp³-hybridized carbons (Fsp3) is 0.538. The van der Waals surface area contributed by atoms with Crippen LogP contribution < -0.4 is 4.74 Å². The normalized spacial score (nSPS) is 31.3. The van der Waals surface area contributed by atoms with Crippen LogP contribution in [0.2, 0.25) is 0 Å². The highest BCUT2D eigenvalue weighted by Crippen LogP contribution is 2.35. The lowest BCUT2D eigenvalue weighted by Crippen LogP contribution is -2.25. The van der Waals surface area contributed by atoms with Gasteiger partial charge in [0, 0.05) is 17.7 Å². The van der Waals surface area contributed by atoms with Gasteiger partial charge >= 0.3 is 0 Å². The average Bonchev–Trinajstić information content (AvgIpc) is 2.85. The molecule has 0 aliphatic carbocycles. The molecule has 2 heterocycles. The fourth-order valence-corrected chi connectivity index (χ4v) is 3.88. The Bertz CT molecular complexity index is 424. The number of ether oxygens (including phenoxy) is 1. The molecule has 4 heteroatoms. The van der Waals surface area contributed by atoms with E-state index in [9.17, 15) is 9.50 Å². The molecule has 0 spiro atoms. The summed E-state index contributed by atoms with van der Waals surface area (Å²) in [6.07, 6.45) is 1.53. The van der Waals surface area contributed by atoms with E-state index >= 15 is 0 Å². The largest absolute Gasteiger partial charge is 0.490 e. The third-order valence-electron chi connectivity index (χ3n) is 3.49. The quantitative estimate of drug-likeness (QED) is 0.877. The van der Waals surface area contributed by atoms with Gasteiger partial charge in [0.15, 0.2) is 0 Å². The fourth-order valence-electron chi connectivity index (χ4n) is 2.57. The molecule has 0 bridgehead atoms. The second-order valence-corrected chi connectivity index (χ2v) is 5.87. The first-order valence-corrected chi connectivity index (χ1v) is 7.09. The Labute approximate surface area is 104 Å². The molecule has 1 fully saturated rings. The van der Waals surface area contributed by atoms with Crippen molar-refractivity contribution in [3.8, 4) is 5.75 Å². The smallest absolute Gasteiger partial charge is 0.123 e. The third-order valence-corrected chi connectivity index (χ3v) is 4.74. The summed E-state index contributed by atoms with van der Waals surface area (Å²) in [6.45, 7) is 0. The van der Waals surface area contributed by atoms with Gasteiger partial charge in [0.25, 0.3) is 0 Å². The lowest BCUT2D eigenvalue weighted by Gasteiger charge is -2.17. The van der Waals surface area contributed by atoms with Crippen molar-refractivity contribution in [2.75, 3.05) is 11.5 Å². The summed E-state index contributed by atoms with van der Waals surface area (Å²) in [6, 6.07) is 4.68. The van der Waals surface area contributed by atoms with E-state index in [1.165, 1.54) is 6.07 Å². The van der Waals surface area contributed by atoms with Gasteiger partial charge in [0.2, 0.25) is 0 Å². The van der Waals surface area contributed by atoms with Gasteiger partial charge in [-0.2, -0.15) is 11.8 Å². The Balaban J connectivity index is 1.66.